The number of aliphatic hydroxyl groups excluding tert-OH is 1. The van der Waals surface area contributed by atoms with Crippen molar-refractivity contribution in [2.75, 3.05) is 13.1 Å². The molecular weight excluding hydrogens is 272 g/mol. The van der Waals surface area contributed by atoms with Gasteiger partial charge in [0.1, 0.15) is 6.23 Å². The largest absolute Gasteiger partial charge is 0.379 e. The van der Waals surface area contributed by atoms with Crippen molar-refractivity contribution in [2.24, 2.45) is 5.92 Å². The Hall–Kier alpha value is -1.32. The summed E-state index contributed by atoms with van der Waals surface area (Å²) in [5, 5.41) is 11.2. The van der Waals surface area contributed by atoms with Crippen molar-refractivity contribution < 1.29 is 5.11 Å². The van der Waals surface area contributed by atoms with E-state index in [1.807, 2.05) is 6.92 Å². The zero-order valence-electron chi connectivity index (χ0n) is 13.4. The Morgan fingerprint density at radius 1 is 1.14 bits per heavy atom. The summed E-state index contributed by atoms with van der Waals surface area (Å²) >= 11 is 0. The number of para-hydroxylation sites is 1. The first-order valence-electron chi connectivity index (χ1n) is 8.72. The number of rotatable bonds is 4. The monoisotopic (exact) mass is 298 g/mol. The Balaban J connectivity index is 1.61. The van der Waals surface area contributed by atoms with Gasteiger partial charge in [0.05, 0.1) is 0 Å². The zero-order chi connectivity index (χ0) is 15.1. The van der Waals surface area contributed by atoms with Crippen LogP contribution in [-0.4, -0.2) is 33.9 Å². The molecule has 0 amide bonds. The minimum atomic E-state index is -0.308. The fraction of sp³-hybridized carbons (Fsp3) is 0.579. The van der Waals surface area contributed by atoms with Crippen molar-refractivity contribution >= 4 is 10.9 Å². The van der Waals surface area contributed by atoms with Crippen molar-refractivity contribution in [1.29, 1.82) is 0 Å². The molecule has 0 bridgehead atoms. The second-order valence-corrected chi connectivity index (χ2v) is 7.14. The molecule has 1 aliphatic heterocycles. The summed E-state index contributed by atoms with van der Waals surface area (Å²) in [4.78, 5) is 2.18. The number of benzene rings is 1. The Morgan fingerprint density at radius 3 is 2.55 bits per heavy atom. The van der Waals surface area contributed by atoms with Crippen LogP contribution in [0.1, 0.15) is 44.1 Å². The highest BCUT2D eigenvalue weighted by Crippen LogP contribution is 2.37. The molecule has 2 fully saturated rings. The zero-order valence-corrected chi connectivity index (χ0v) is 13.4. The third-order valence-electron chi connectivity index (χ3n) is 5.47. The highest BCUT2D eigenvalue weighted by molar-refractivity contribution is 5.84. The molecule has 3 heteroatoms. The first-order chi connectivity index (χ1) is 10.7. The maximum atomic E-state index is 9.74. The van der Waals surface area contributed by atoms with Gasteiger partial charge in [-0.1, -0.05) is 18.2 Å². The van der Waals surface area contributed by atoms with Gasteiger partial charge in [0.25, 0.3) is 0 Å². The number of aromatic nitrogens is 1. The molecule has 118 valence electrons. The number of fused-ring (bicyclic) bond motifs is 1. The van der Waals surface area contributed by atoms with Gasteiger partial charge in [0.15, 0.2) is 0 Å². The van der Waals surface area contributed by atoms with Gasteiger partial charge in [-0.3, -0.25) is 4.90 Å². The van der Waals surface area contributed by atoms with Gasteiger partial charge in [-0.25, -0.2) is 0 Å². The van der Waals surface area contributed by atoms with Gasteiger partial charge >= 0.3 is 0 Å². The van der Waals surface area contributed by atoms with Crippen molar-refractivity contribution in [3.05, 3.63) is 36.0 Å². The van der Waals surface area contributed by atoms with Crippen LogP contribution in [0, 0.1) is 5.92 Å². The minimum Gasteiger partial charge on any atom is -0.379 e. The molecule has 2 heterocycles. The van der Waals surface area contributed by atoms with E-state index in [1.165, 1.54) is 35.9 Å². The van der Waals surface area contributed by atoms with Crippen LogP contribution in [0.25, 0.3) is 10.9 Å². The molecule has 0 spiro atoms. The Morgan fingerprint density at radius 2 is 1.86 bits per heavy atom. The van der Waals surface area contributed by atoms with Crippen LogP contribution >= 0.6 is 0 Å². The van der Waals surface area contributed by atoms with E-state index in [-0.39, 0.29) is 6.23 Å². The Kier molecular flexibility index (Phi) is 3.71. The van der Waals surface area contributed by atoms with Crippen molar-refractivity contribution in [3.8, 4) is 0 Å². The molecule has 1 aromatic heterocycles. The summed E-state index contributed by atoms with van der Waals surface area (Å²) in [6.45, 7) is 5.07. The molecule has 22 heavy (non-hydrogen) atoms. The smallest absolute Gasteiger partial charge is 0.104 e. The van der Waals surface area contributed by atoms with Crippen LogP contribution < -0.4 is 0 Å². The predicted octanol–water partition coefficient (Wildman–Crippen LogP) is 3.57. The third kappa shape index (κ3) is 2.68. The maximum Gasteiger partial charge on any atom is 0.104 e. The van der Waals surface area contributed by atoms with Gasteiger partial charge in [-0.15, -0.1) is 0 Å². The molecule has 1 unspecified atom stereocenters. The standard InChI is InChI=1S/C19H26N2O/c1-14(22)20-10-8-16(9-11-20)18-13-21(12-15-6-7-15)19-5-3-2-4-17(18)19/h2-5,13-16,22H,6-12H2,1H3. The van der Waals surface area contributed by atoms with Gasteiger partial charge in [0, 0.05) is 36.7 Å². The highest BCUT2D eigenvalue weighted by Gasteiger charge is 2.27. The van der Waals surface area contributed by atoms with Crippen LogP contribution in [-0.2, 0) is 6.54 Å². The molecule has 2 aliphatic rings. The molecule has 3 nitrogen and oxygen atoms in total. The number of nitrogens with zero attached hydrogens (tertiary/aromatic N) is 2. The molecule has 1 aliphatic carbocycles. The van der Waals surface area contributed by atoms with E-state index in [2.05, 4.69) is 39.9 Å². The average molecular weight is 298 g/mol. The first-order valence-corrected chi connectivity index (χ1v) is 8.72. The van der Waals surface area contributed by atoms with E-state index in [4.69, 9.17) is 0 Å². The molecule has 2 aromatic rings. The summed E-state index contributed by atoms with van der Waals surface area (Å²) in [6.07, 6.45) is 7.22. The normalized spacial score (nSPS) is 22.3. The van der Waals surface area contributed by atoms with Crippen LogP contribution in [0.5, 0.6) is 0 Å². The second-order valence-electron chi connectivity index (χ2n) is 7.14. The summed E-state index contributed by atoms with van der Waals surface area (Å²) in [5.41, 5.74) is 2.93. The van der Waals surface area contributed by atoms with E-state index in [1.54, 1.807) is 0 Å². The van der Waals surface area contributed by atoms with Gasteiger partial charge < -0.3 is 9.67 Å². The van der Waals surface area contributed by atoms with Crippen molar-refractivity contribution in [1.82, 2.24) is 9.47 Å². The van der Waals surface area contributed by atoms with E-state index in [0.717, 1.165) is 31.8 Å². The SMILES string of the molecule is CC(O)N1CCC(c2cn(CC3CC3)c3ccccc23)CC1. The molecule has 1 aromatic carbocycles. The van der Waals surface area contributed by atoms with Crippen LogP contribution in [0.2, 0.25) is 0 Å². The summed E-state index contributed by atoms with van der Waals surface area (Å²) in [6, 6.07) is 8.88. The molecule has 4 rings (SSSR count). The molecule has 0 radical (unpaired) electrons. The topological polar surface area (TPSA) is 28.4 Å². The van der Waals surface area contributed by atoms with Crippen LogP contribution in [0.4, 0.5) is 0 Å². The lowest BCUT2D eigenvalue weighted by atomic mass is 9.89. The van der Waals surface area contributed by atoms with Gasteiger partial charge in [-0.05, 0) is 56.1 Å². The second kappa shape index (κ2) is 5.71. The number of aliphatic hydroxyl groups is 1. The quantitative estimate of drug-likeness (QED) is 0.934. The molecule has 1 atom stereocenters. The number of piperidine rings is 1. The van der Waals surface area contributed by atoms with Gasteiger partial charge in [-0.2, -0.15) is 0 Å². The van der Waals surface area contributed by atoms with E-state index < -0.39 is 0 Å². The molecule has 1 saturated carbocycles. The van der Waals surface area contributed by atoms with Crippen LogP contribution in [0.3, 0.4) is 0 Å². The predicted molar refractivity (Wildman–Crippen MR) is 89.9 cm³/mol. The fourth-order valence-electron chi connectivity index (χ4n) is 3.91. The van der Waals surface area contributed by atoms with Crippen LogP contribution in [0.15, 0.2) is 30.5 Å². The van der Waals surface area contributed by atoms with E-state index >= 15 is 0 Å². The molecule has 1 saturated heterocycles. The Bertz CT molecular complexity index is 648. The third-order valence-corrected chi connectivity index (χ3v) is 5.47. The number of hydrogen-bond donors (Lipinski definition) is 1. The minimum absolute atomic E-state index is 0.308. The molecule has 1 N–H and O–H groups in total. The molecular formula is C19H26N2O. The summed E-state index contributed by atoms with van der Waals surface area (Å²) in [5.74, 6) is 1.54. The number of likely N-dealkylation sites (tertiary alicyclic amines) is 1. The lowest BCUT2D eigenvalue weighted by molar-refractivity contribution is 0.00312. The summed E-state index contributed by atoms with van der Waals surface area (Å²) < 4.78 is 2.49. The van der Waals surface area contributed by atoms with Crippen molar-refractivity contribution in [2.45, 2.75) is 51.3 Å². The first kappa shape index (κ1) is 14.3. The Labute approximate surface area is 132 Å². The van der Waals surface area contributed by atoms with Crippen molar-refractivity contribution in [3.63, 3.8) is 0 Å². The van der Waals surface area contributed by atoms with E-state index in [0.29, 0.717) is 5.92 Å². The lowest BCUT2D eigenvalue weighted by Crippen LogP contribution is -2.39. The lowest BCUT2D eigenvalue weighted by Gasteiger charge is -2.33. The highest BCUT2D eigenvalue weighted by atomic mass is 16.3. The average Bonchev–Trinajstić information content (AvgIpc) is 3.28. The number of hydrogen-bond acceptors (Lipinski definition) is 2. The van der Waals surface area contributed by atoms with Gasteiger partial charge in [0.2, 0.25) is 0 Å². The van der Waals surface area contributed by atoms with E-state index in [9.17, 15) is 5.11 Å². The maximum absolute atomic E-state index is 9.74. The fourth-order valence-corrected chi connectivity index (χ4v) is 3.91. The summed E-state index contributed by atoms with van der Waals surface area (Å²) in [7, 11) is 0.